The van der Waals surface area contributed by atoms with E-state index in [1.165, 1.54) is 12.1 Å². The van der Waals surface area contributed by atoms with Crippen LogP contribution in [0, 0.1) is 16.7 Å². The largest absolute Gasteiger partial charge is 0.411 e. The van der Waals surface area contributed by atoms with E-state index in [0.29, 0.717) is 16.6 Å². The third kappa shape index (κ3) is 7.09. The van der Waals surface area contributed by atoms with Crippen molar-refractivity contribution in [3.63, 3.8) is 0 Å². The highest BCUT2D eigenvalue weighted by molar-refractivity contribution is 8.00. The number of nitrogens with zero attached hydrogens (tertiary/aromatic N) is 4. The van der Waals surface area contributed by atoms with E-state index in [2.05, 4.69) is 4.85 Å². The van der Waals surface area contributed by atoms with Crippen molar-refractivity contribution in [2.75, 3.05) is 13.1 Å². The fourth-order valence-electron chi connectivity index (χ4n) is 2.05. The van der Waals surface area contributed by atoms with Gasteiger partial charge in [0.1, 0.15) is 0 Å². The molecule has 0 spiro atoms. The minimum atomic E-state index is -0.415. The Labute approximate surface area is 164 Å². The summed E-state index contributed by atoms with van der Waals surface area (Å²) in [5.74, 6) is 0. The molecule has 6 nitrogen and oxygen atoms in total. The summed E-state index contributed by atoms with van der Waals surface area (Å²) >= 11 is 9.51. The van der Waals surface area contributed by atoms with Gasteiger partial charge >= 0.3 is 0 Å². The standard InChI is InChI=1S/C13H10N3O2.C5H11NS2/c1-14-12-6-8-15(9-7-12)10-11-2-4-13(5-3-11)16(17)18;1-3-6(4-2)5(7)8/h2-9H,10H2;3-4H2,1-2H3,(H,7,8)/q+1;/p-1. The molecule has 1 heterocycles. The van der Waals surface area contributed by atoms with Gasteiger partial charge in [-0.1, -0.05) is 4.32 Å². The van der Waals surface area contributed by atoms with E-state index in [9.17, 15) is 10.1 Å². The van der Waals surface area contributed by atoms with Gasteiger partial charge in [-0.15, -0.1) is 0 Å². The van der Waals surface area contributed by atoms with E-state index in [-0.39, 0.29) is 5.69 Å². The Bertz CT molecular complexity index is 767. The molecule has 26 heavy (non-hydrogen) atoms. The average Bonchev–Trinajstić information content (AvgIpc) is 2.64. The fourth-order valence-corrected chi connectivity index (χ4v) is 2.56. The first-order valence-corrected chi connectivity index (χ1v) is 8.78. The Kier molecular flexibility index (Phi) is 9.12. The van der Waals surface area contributed by atoms with Crippen LogP contribution in [-0.4, -0.2) is 27.2 Å². The number of hydrogen-bond donors (Lipinski definition) is 0. The topological polar surface area (TPSA) is 54.6 Å². The van der Waals surface area contributed by atoms with Crippen LogP contribution in [0.4, 0.5) is 11.4 Å². The second kappa shape index (κ2) is 11.1. The summed E-state index contributed by atoms with van der Waals surface area (Å²) < 4.78 is 2.49. The lowest BCUT2D eigenvalue weighted by Gasteiger charge is -2.24. The zero-order chi connectivity index (χ0) is 19.5. The van der Waals surface area contributed by atoms with Crippen molar-refractivity contribution in [1.29, 1.82) is 0 Å². The van der Waals surface area contributed by atoms with Gasteiger partial charge in [0.2, 0.25) is 0 Å². The molecule has 2 aromatic rings. The maximum atomic E-state index is 10.5. The monoisotopic (exact) mass is 388 g/mol. The third-order valence-electron chi connectivity index (χ3n) is 3.54. The highest BCUT2D eigenvalue weighted by Gasteiger charge is 2.07. The SMILES string of the molecule is CCN(CC)C(=S)[S-].[C-]#[N+]c1cc[n+](Cc2ccc([N+](=O)[O-])cc2)cc1. The normalized spacial score (nSPS) is 9.42. The van der Waals surface area contributed by atoms with E-state index in [1.54, 1.807) is 24.3 Å². The Hall–Kier alpha value is -2.63. The van der Waals surface area contributed by atoms with Gasteiger partial charge in [0.15, 0.2) is 24.6 Å². The molecule has 0 bridgehead atoms. The fraction of sp³-hybridized carbons (Fsp3) is 0.278. The molecular formula is C18H20N4O2S2. The minimum Gasteiger partial charge on any atom is -0.411 e. The lowest BCUT2D eigenvalue weighted by atomic mass is 10.2. The van der Waals surface area contributed by atoms with Gasteiger partial charge in [0, 0.05) is 42.9 Å². The minimum absolute atomic E-state index is 0.0899. The molecule has 1 aromatic heterocycles. The van der Waals surface area contributed by atoms with Crippen LogP contribution in [0.1, 0.15) is 19.4 Å². The summed E-state index contributed by atoms with van der Waals surface area (Å²) in [4.78, 5) is 15.4. The lowest BCUT2D eigenvalue weighted by molar-refractivity contribution is -0.688. The molecule has 1 aromatic carbocycles. The van der Waals surface area contributed by atoms with Crippen molar-refractivity contribution in [2.24, 2.45) is 0 Å². The molecule has 0 saturated heterocycles. The predicted molar refractivity (Wildman–Crippen MR) is 108 cm³/mol. The molecule has 0 N–H and O–H groups in total. The number of aromatic nitrogens is 1. The molecule has 2 rings (SSSR count). The Morgan fingerprint density at radius 2 is 1.77 bits per heavy atom. The van der Waals surface area contributed by atoms with Crippen molar-refractivity contribution >= 4 is 40.5 Å². The number of non-ortho nitro benzene ring substituents is 1. The number of nitro benzene ring substituents is 1. The average molecular weight is 389 g/mol. The van der Waals surface area contributed by atoms with Crippen molar-refractivity contribution in [3.8, 4) is 0 Å². The van der Waals surface area contributed by atoms with E-state index in [1.807, 2.05) is 35.7 Å². The first-order valence-electron chi connectivity index (χ1n) is 7.97. The quantitative estimate of drug-likeness (QED) is 0.195. The summed E-state index contributed by atoms with van der Waals surface area (Å²) in [6, 6.07) is 9.91. The molecule has 136 valence electrons. The van der Waals surface area contributed by atoms with Crippen molar-refractivity contribution < 1.29 is 9.49 Å². The van der Waals surface area contributed by atoms with Crippen molar-refractivity contribution in [3.05, 3.63) is 75.9 Å². The van der Waals surface area contributed by atoms with E-state index < -0.39 is 4.92 Å². The zero-order valence-electron chi connectivity index (χ0n) is 14.7. The maximum absolute atomic E-state index is 10.5. The zero-order valence-corrected chi connectivity index (χ0v) is 16.3. The summed E-state index contributed by atoms with van der Waals surface area (Å²) in [7, 11) is 0. The Morgan fingerprint density at radius 1 is 1.23 bits per heavy atom. The van der Waals surface area contributed by atoms with Crippen LogP contribution in [0.2, 0.25) is 0 Å². The number of nitro groups is 1. The molecule has 0 aliphatic carbocycles. The van der Waals surface area contributed by atoms with E-state index in [0.717, 1.165) is 18.7 Å². The highest BCUT2D eigenvalue weighted by atomic mass is 32.1. The van der Waals surface area contributed by atoms with Crippen LogP contribution < -0.4 is 4.57 Å². The number of pyridine rings is 1. The molecule has 8 heteroatoms. The molecule has 0 amide bonds. The van der Waals surface area contributed by atoms with Crippen LogP contribution in [0.15, 0.2) is 48.8 Å². The van der Waals surface area contributed by atoms with Crippen LogP contribution in [0.5, 0.6) is 0 Å². The molecule has 0 aliphatic rings. The predicted octanol–water partition coefficient (Wildman–Crippen LogP) is 3.64. The molecule has 0 atom stereocenters. The van der Waals surface area contributed by atoms with Crippen molar-refractivity contribution in [1.82, 2.24) is 4.90 Å². The number of rotatable bonds is 5. The third-order valence-corrected chi connectivity index (χ3v) is 4.05. The van der Waals surface area contributed by atoms with Gasteiger partial charge < -0.3 is 29.7 Å². The Balaban J connectivity index is 0.000000359. The lowest BCUT2D eigenvalue weighted by Crippen LogP contribution is -2.32. The maximum Gasteiger partial charge on any atom is 0.269 e. The van der Waals surface area contributed by atoms with E-state index in [4.69, 9.17) is 31.4 Å². The van der Waals surface area contributed by atoms with E-state index >= 15 is 0 Å². The first kappa shape index (κ1) is 21.4. The van der Waals surface area contributed by atoms with Gasteiger partial charge in [-0.25, -0.2) is 9.41 Å². The van der Waals surface area contributed by atoms with Gasteiger partial charge in [-0.3, -0.25) is 10.1 Å². The summed E-state index contributed by atoms with van der Waals surface area (Å²) in [6.07, 6.45) is 3.63. The summed E-state index contributed by atoms with van der Waals surface area (Å²) in [6.45, 7) is 13.4. The molecule has 0 aliphatic heterocycles. The molecule has 0 fully saturated rings. The smallest absolute Gasteiger partial charge is 0.269 e. The van der Waals surface area contributed by atoms with Gasteiger partial charge in [-0.05, 0) is 26.0 Å². The van der Waals surface area contributed by atoms with Crippen molar-refractivity contribution in [2.45, 2.75) is 20.4 Å². The summed E-state index contributed by atoms with van der Waals surface area (Å²) in [5.41, 5.74) is 1.66. The second-order valence-corrected chi connectivity index (χ2v) is 6.23. The summed E-state index contributed by atoms with van der Waals surface area (Å²) in [5, 5.41) is 10.5. The Morgan fingerprint density at radius 3 is 2.12 bits per heavy atom. The van der Waals surface area contributed by atoms with Crippen LogP contribution in [0.25, 0.3) is 4.85 Å². The number of hydrogen-bond acceptors (Lipinski definition) is 4. The molecule has 0 saturated carbocycles. The van der Waals surface area contributed by atoms with Crippen LogP contribution in [0.3, 0.4) is 0 Å². The highest BCUT2D eigenvalue weighted by Crippen LogP contribution is 2.12. The van der Waals surface area contributed by atoms with Gasteiger partial charge in [-0.2, -0.15) is 0 Å². The van der Waals surface area contributed by atoms with Gasteiger partial charge in [0.25, 0.3) is 5.69 Å². The molecular weight excluding hydrogens is 368 g/mol. The van der Waals surface area contributed by atoms with Crippen LogP contribution >= 0.6 is 12.2 Å². The first-order chi connectivity index (χ1) is 12.4. The number of thiocarbonyl (C=S) groups is 1. The van der Waals surface area contributed by atoms with Crippen LogP contribution in [-0.2, 0) is 19.2 Å². The molecule has 0 radical (unpaired) electrons. The van der Waals surface area contributed by atoms with Gasteiger partial charge in [0.05, 0.1) is 11.5 Å². The number of benzene rings is 1. The second-order valence-electron chi connectivity index (χ2n) is 5.20. The molecule has 0 unspecified atom stereocenters.